The van der Waals surface area contributed by atoms with Crippen molar-refractivity contribution in [2.24, 2.45) is 0 Å². The van der Waals surface area contributed by atoms with Gasteiger partial charge in [-0.3, -0.25) is 0 Å². The third-order valence-corrected chi connectivity index (χ3v) is 3.98. The zero-order chi connectivity index (χ0) is 18.7. The molecule has 5 nitrogen and oxygen atoms in total. The van der Waals surface area contributed by atoms with Crippen LogP contribution in [0.5, 0.6) is 11.5 Å². The van der Waals surface area contributed by atoms with Crippen molar-refractivity contribution >= 4 is 11.9 Å². The average Bonchev–Trinajstić information content (AvgIpc) is 2.54. The summed E-state index contributed by atoms with van der Waals surface area (Å²) in [6.45, 7) is 7.98. The number of hydrogen-bond acceptors (Lipinski definition) is 3. The van der Waals surface area contributed by atoms with E-state index in [0.717, 1.165) is 11.1 Å². The van der Waals surface area contributed by atoms with Crippen LogP contribution in [-0.4, -0.2) is 22.2 Å². The maximum Gasteiger partial charge on any atom is 0.339 e. The predicted octanol–water partition coefficient (Wildman–Crippen LogP) is 5.12. The van der Waals surface area contributed by atoms with E-state index in [4.69, 9.17) is 9.84 Å². The molecule has 0 spiro atoms. The summed E-state index contributed by atoms with van der Waals surface area (Å²) >= 11 is 0. The summed E-state index contributed by atoms with van der Waals surface area (Å²) in [4.78, 5) is 22.7. The van der Waals surface area contributed by atoms with E-state index in [1.165, 1.54) is 24.3 Å². The Morgan fingerprint density at radius 1 is 0.880 bits per heavy atom. The second-order valence-corrected chi connectivity index (χ2v) is 6.53. The Labute approximate surface area is 146 Å². The van der Waals surface area contributed by atoms with Gasteiger partial charge in [-0.25, -0.2) is 9.59 Å². The van der Waals surface area contributed by atoms with Crippen LogP contribution in [0.4, 0.5) is 0 Å². The Hall–Kier alpha value is -2.82. The van der Waals surface area contributed by atoms with Crippen molar-refractivity contribution < 1.29 is 24.5 Å². The van der Waals surface area contributed by atoms with Gasteiger partial charge in [0.1, 0.15) is 17.1 Å². The molecule has 0 aromatic heterocycles. The number of aromatic carboxylic acids is 2. The number of ether oxygens (including phenoxy) is 1. The first-order valence-electron chi connectivity index (χ1n) is 8.13. The number of carboxylic acid groups (broad SMARTS) is 2. The summed E-state index contributed by atoms with van der Waals surface area (Å²) in [5.41, 5.74) is 2.00. The highest BCUT2D eigenvalue weighted by Gasteiger charge is 2.21. The van der Waals surface area contributed by atoms with Crippen LogP contribution in [0, 0.1) is 0 Å². The molecule has 0 atom stereocenters. The highest BCUT2D eigenvalue weighted by atomic mass is 16.5. The molecule has 0 bridgehead atoms. The van der Waals surface area contributed by atoms with Gasteiger partial charge < -0.3 is 14.9 Å². The molecule has 0 heterocycles. The summed E-state index contributed by atoms with van der Waals surface area (Å²) in [5, 5.41) is 18.6. The second kappa shape index (κ2) is 7.38. The van der Waals surface area contributed by atoms with E-state index in [9.17, 15) is 14.7 Å². The SMILES string of the molecule is CC(C)c1cc(C(=O)O)c(Oc2ccc(C(=O)O)cc2)c(C(C)C)c1. The minimum absolute atomic E-state index is 0.0742. The first-order chi connectivity index (χ1) is 11.7. The molecular weight excluding hydrogens is 320 g/mol. The minimum atomic E-state index is -1.05. The monoisotopic (exact) mass is 342 g/mol. The van der Waals surface area contributed by atoms with Crippen LogP contribution in [0.25, 0.3) is 0 Å². The van der Waals surface area contributed by atoms with Crippen molar-refractivity contribution in [1.29, 1.82) is 0 Å². The van der Waals surface area contributed by atoms with Crippen molar-refractivity contribution in [2.45, 2.75) is 39.5 Å². The topological polar surface area (TPSA) is 83.8 Å². The van der Waals surface area contributed by atoms with E-state index in [-0.39, 0.29) is 23.0 Å². The fourth-order valence-corrected chi connectivity index (χ4v) is 2.49. The maximum absolute atomic E-state index is 11.7. The lowest BCUT2D eigenvalue weighted by atomic mass is 9.92. The summed E-state index contributed by atoms with van der Waals surface area (Å²) in [6.07, 6.45) is 0. The van der Waals surface area contributed by atoms with Crippen LogP contribution in [0.15, 0.2) is 36.4 Å². The van der Waals surface area contributed by atoms with Crippen LogP contribution < -0.4 is 4.74 Å². The molecule has 0 saturated carbocycles. The van der Waals surface area contributed by atoms with Crippen LogP contribution in [0.1, 0.15) is 71.4 Å². The second-order valence-electron chi connectivity index (χ2n) is 6.53. The molecule has 0 aliphatic heterocycles. The number of hydrogen-bond donors (Lipinski definition) is 2. The van der Waals surface area contributed by atoms with E-state index < -0.39 is 11.9 Å². The third kappa shape index (κ3) is 4.18. The van der Waals surface area contributed by atoms with Gasteiger partial charge in [-0.1, -0.05) is 33.8 Å². The number of carboxylic acids is 2. The average molecular weight is 342 g/mol. The smallest absolute Gasteiger partial charge is 0.339 e. The fraction of sp³-hybridized carbons (Fsp3) is 0.300. The van der Waals surface area contributed by atoms with Gasteiger partial charge >= 0.3 is 11.9 Å². The lowest BCUT2D eigenvalue weighted by Crippen LogP contribution is -2.07. The maximum atomic E-state index is 11.7. The quantitative estimate of drug-likeness (QED) is 0.761. The largest absolute Gasteiger partial charge is 0.478 e. The standard InChI is InChI=1S/C20H22O5/c1-11(2)14-9-16(12(3)4)18(17(10-14)20(23)24)25-15-7-5-13(6-8-15)19(21)22/h5-12H,1-4H3,(H,21,22)(H,23,24). The van der Waals surface area contributed by atoms with E-state index in [2.05, 4.69) is 0 Å². The molecule has 2 rings (SSSR count). The van der Waals surface area contributed by atoms with Crippen molar-refractivity contribution in [3.05, 3.63) is 58.7 Å². The summed E-state index contributed by atoms with van der Waals surface area (Å²) in [6, 6.07) is 9.51. The molecule has 0 amide bonds. The van der Waals surface area contributed by atoms with Gasteiger partial charge in [0.15, 0.2) is 0 Å². The molecule has 2 N–H and O–H groups in total. The van der Waals surface area contributed by atoms with E-state index in [1.807, 2.05) is 33.8 Å². The zero-order valence-electron chi connectivity index (χ0n) is 14.7. The Bertz CT molecular complexity index is 788. The molecule has 25 heavy (non-hydrogen) atoms. The Morgan fingerprint density at radius 3 is 1.92 bits per heavy atom. The lowest BCUT2D eigenvalue weighted by Gasteiger charge is -2.19. The Kier molecular flexibility index (Phi) is 5.47. The highest BCUT2D eigenvalue weighted by molar-refractivity contribution is 5.92. The molecule has 0 unspecified atom stereocenters. The van der Waals surface area contributed by atoms with Gasteiger partial charge in [-0.15, -0.1) is 0 Å². The number of benzene rings is 2. The minimum Gasteiger partial charge on any atom is -0.478 e. The predicted molar refractivity (Wildman–Crippen MR) is 95.1 cm³/mol. The fourth-order valence-electron chi connectivity index (χ4n) is 2.49. The molecule has 2 aromatic rings. The van der Waals surface area contributed by atoms with E-state index >= 15 is 0 Å². The van der Waals surface area contributed by atoms with E-state index in [0.29, 0.717) is 11.5 Å². The lowest BCUT2D eigenvalue weighted by molar-refractivity contribution is 0.0685. The van der Waals surface area contributed by atoms with Crippen molar-refractivity contribution in [1.82, 2.24) is 0 Å². The molecule has 132 valence electrons. The van der Waals surface area contributed by atoms with Gasteiger partial charge in [-0.05, 0) is 53.3 Å². The Morgan fingerprint density at radius 2 is 1.48 bits per heavy atom. The summed E-state index contributed by atoms with van der Waals surface area (Å²) < 4.78 is 5.86. The molecule has 0 aliphatic carbocycles. The van der Waals surface area contributed by atoms with Crippen LogP contribution in [0.2, 0.25) is 0 Å². The first-order valence-corrected chi connectivity index (χ1v) is 8.13. The normalized spacial score (nSPS) is 11.0. The van der Waals surface area contributed by atoms with Gasteiger partial charge in [0.2, 0.25) is 0 Å². The first kappa shape index (κ1) is 18.5. The molecule has 0 aliphatic rings. The molecule has 0 saturated heterocycles. The molecular formula is C20H22O5. The number of carbonyl (C=O) groups is 2. The summed E-state index contributed by atoms with van der Waals surface area (Å²) in [7, 11) is 0. The van der Waals surface area contributed by atoms with Crippen LogP contribution in [0.3, 0.4) is 0 Å². The number of rotatable bonds is 6. The third-order valence-electron chi connectivity index (χ3n) is 3.98. The highest BCUT2D eigenvalue weighted by Crippen LogP contribution is 2.37. The summed E-state index contributed by atoms with van der Waals surface area (Å²) in [5.74, 6) is -1.12. The molecule has 5 heteroatoms. The van der Waals surface area contributed by atoms with Gasteiger partial charge in [0.05, 0.1) is 5.56 Å². The van der Waals surface area contributed by atoms with E-state index in [1.54, 1.807) is 6.07 Å². The van der Waals surface area contributed by atoms with Gasteiger partial charge in [0.25, 0.3) is 0 Å². The molecule has 0 fully saturated rings. The Balaban J connectivity index is 2.54. The van der Waals surface area contributed by atoms with Crippen molar-refractivity contribution in [3.8, 4) is 11.5 Å². The van der Waals surface area contributed by atoms with Crippen molar-refractivity contribution in [3.63, 3.8) is 0 Å². The molecule has 2 aromatic carbocycles. The van der Waals surface area contributed by atoms with Crippen molar-refractivity contribution in [2.75, 3.05) is 0 Å². The van der Waals surface area contributed by atoms with Crippen LogP contribution in [-0.2, 0) is 0 Å². The zero-order valence-corrected chi connectivity index (χ0v) is 14.7. The van der Waals surface area contributed by atoms with Gasteiger partial charge in [-0.2, -0.15) is 0 Å². The van der Waals surface area contributed by atoms with Crippen LogP contribution >= 0.6 is 0 Å². The molecule has 0 radical (unpaired) electrons. The van der Waals surface area contributed by atoms with Gasteiger partial charge in [0, 0.05) is 0 Å².